The maximum absolute atomic E-state index is 13.0. The fourth-order valence-electron chi connectivity index (χ4n) is 3.37. The average molecular weight is 436 g/mol. The minimum Gasteiger partial charge on any atom is -0.477 e. The summed E-state index contributed by atoms with van der Waals surface area (Å²) in [4.78, 5) is 13.8. The Hall–Kier alpha value is -3.32. The topological polar surface area (TPSA) is 49.1 Å². The van der Waals surface area contributed by atoms with Crippen LogP contribution in [0.3, 0.4) is 0 Å². The molecular weight excluding hydrogens is 413 g/mol. The Morgan fingerprint density at radius 3 is 2.42 bits per heavy atom. The van der Waals surface area contributed by atoms with Gasteiger partial charge in [-0.15, -0.1) is 17.7 Å². The number of nitrogens with zero attached hydrogens (tertiary/aromatic N) is 3. The zero-order valence-corrected chi connectivity index (χ0v) is 18.1. The number of aromatic nitrogens is 3. The molecule has 0 spiro atoms. The van der Waals surface area contributed by atoms with Gasteiger partial charge in [0.25, 0.3) is 0 Å². The number of benzene rings is 3. The lowest BCUT2D eigenvalue weighted by Gasteiger charge is -2.20. The van der Waals surface area contributed by atoms with Gasteiger partial charge in [-0.3, -0.25) is 4.57 Å². The summed E-state index contributed by atoms with van der Waals surface area (Å²) in [6.45, 7) is 1.39. The summed E-state index contributed by atoms with van der Waals surface area (Å²) < 4.78 is 22.0. The number of hydrogen-bond donors (Lipinski definition) is 1. The molecule has 5 nitrogen and oxygen atoms in total. The molecule has 31 heavy (non-hydrogen) atoms. The Kier molecular flexibility index (Phi) is 5.95. The van der Waals surface area contributed by atoms with Crippen LogP contribution in [0.15, 0.2) is 82.5 Å². The van der Waals surface area contributed by atoms with Crippen molar-refractivity contribution in [3.05, 3.63) is 106 Å². The number of rotatable bonds is 6. The molecule has 4 rings (SSSR count). The molecule has 0 aliphatic heterocycles. The molecular formula is C24H22FN3O2S. The third-order valence-electron chi connectivity index (χ3n) is 5.09. The second-order valence-electron chi connectivity index (χ2n) is 7.27. The van der Waals surface area contributed by atoms with Crippen molar-refractivity contribution in [3.8, 4) is 11.4 Å². The number of thiol groups is 1. The van der Waals surface area contributed by atoms with Crippen molar-refractivity contribution in [2.75, 3.05) is 0 Å². The van der Waals surface area contributed by atoms with Crippen molar-refractivity contribution in [2.45, 2.75) is 24.6 Å². The van der Waals surface area contributed by atoms with Crippen molar-refractivity contribution in [1.29, 1.82) is 0 Å². The number of halogens is 1. The fraction of sp³-hybridized carbons (Fsp3) is 0.167. The van der Waals surface area contributed by atoms with E-state index in [9.17, 15) is 9.18 Å². The molecule has 0 saturated carbocycles. The third-order valence-corrected chi connectivity index (χ3v) is 5.37. The second-order valence-corrected chi connectivity index (χ2v) is 7.79. The first-order chi connectivity index (χ1) is 15.0. The van der Waals surface area contributed by atoms with Crippen LogP contribution in [0.2, 0.25) is 0 Å². The lowest BCUT2D eigenvalue weighted by Crippen LogP contribution is -2.23. The van der Waals surface area contributed by atoms with Gasteiger partial charge in [-0.05, 0) is 48.4 Å². The third kappa shape index (κ3) is 4.27. The molecule has 158 valence electrons. The van der Waals surface area contributed by atoms with Crippen LogP contribution >= 0.6 is 12.6 Å². The predicted molar refractivity (Wildman–Crippen MR) is 121 cm³/mol. The number of hydrogen-bond acceptors (Lipinski definition) is 4. The molecule has 0 saturated heterocycles. The molecule has 3 aromatic carbocycles. The van der Waals surface area contributed by atoms with Gasteiger partial charge in [-0.25, -0.2) is 9.18 Å². The fourth-order valence-corrected chi connectivity index (χ4v) is 3.63. The van der Waals surface area contributed by atoms with Gasteiger partial charge in [0.05, 0.1) is 5.69 Å². The molecule has 1 heterocycles. The number of aryl methyl sites for hydroxylation is 1. The van der Waals surface area contributed by atoms with Crippen LogP contribution in [0, 0.1) is 6.92 Å². The highest BCUT2D eigenvalue weighted by Gasteiger charge is 2.25. The van der Waals surface area contributed by atoms with Crippen LogP contribution in [0.1, 0.15) is 28.6 Å². The van der Waals surface area contributed by atoms with E-state index in [0.29, 0.717) is 22.8 Å². The smallest absolute Gasteiger partial charge is 0.350 e. The van der Waals surface area contributed by atoms with E-state index in [1.165, 1.54) is 9.25 Å². The molecule has 0 radical (unpaired) electrons. The molecule has 4 aromatic rings. The molecule has 0 amide bonds. The summed E-state index contributed by atoms with van der Waals surface area (Å²) >= 11 is 4.38. The SMILES string of the molecule is Cc1cc(S)ccc1OC(c1ccccc1)c1nn(-c2ccc(CF)cc2)c(=O)n1C. The maximum Gasteiger partial charge on any atom is 0.350 e. The zero-order chi connectivity index (χ0) is 22.0. The van der Waals surface area contributed by atoms with E-state index in [4.69, 9.17) is 4.74 Å². The van der Waals surface area contributed by atoms with Gasteiger partial charge < -0.3 is 4.74 Å². The Morgan fingerprint density at radius 2 is 1.77 bits per heavy atom. The summed E-state index contributed by atoms with van der Waals surface area (Å²) in [6, 6.07) is 21.9. The van der Waals surface area contributed by atoms with Crippen LogP contribution in [-0.4, -0.2) is 14.3 Å². The monoisotopic (exact) mass is 435 g/mol. The number of ether oxygens (including phenoxy) is 1. The van der Waals surface area contributed by atoms with Crippen LogP contribution in [-0.2, 0) is 13.7 Å². The molecule has 0 N–H and O–H groups in total. The van der Waals surface area contributed by atoms with Crippen LogP contribution in [0.4, 0.5) is 4.39 Å². The molecule has 0 aliphatic carbocycles. The van der Waals surface area contributed by atoms with Gasteiger partial charge in [0.15, 0.2) is 11.9 Å². The molecule has 1 aromatic heterocycles. The first-order valence-electron chi connectivity index (χ1n) is 9.80. The quantitative estimate of drug-likeness (QED) is 0.443. The van der Waals surface area contributed by atoms with E-state index in [-0.39, 0.29) is 5.69 Å². The predicted octanol–water partition coefficient (Wildman–Crippen LogP) is 4.81. The summed E-state index contributed by atoms with van der Waals surface area (Å²) in [5.41, 5.74) is 2.59. The first kappa shape index (κ1) is 20.9. The summed E-state index contributed by atoms with van der Waals surface area (Å²) in [5, 5.41) is 4.59. The Bertz CT molecular complexity index is 1250. The van der Waals surface area contributed by atoms with E-state index >= 15 is 0 Å². The maximum atomic E-state index is 13.0. The van der Waals surface area contributed by atoms with E-state index in [0.717, 1.165) is 16.0 Å². The van der Waals surface area contributed by atoms with E-state index in [2.05, 4.69) is 17.7 Å². The van der Waals surface area contributed by atoms with Gasteiger partial charge in [0, 0.05) is 17.5 Å². The molecule has 1 atom stereocenters. The minimum absolute atomic E-state index is 0.310. The molecule has 0 aliphatic rings. The van der Waals surface area contributed by atoms with Crippen molar-refractivity contribution < 1.29 is 9.13 Å². The van der Waals surface area contributed by atoms with Gasteiger partial charge in [0.2, 0.25) is 0 Å². The van der Waals surface area contributed by atoms with E-state index in [1.54, 1.807) is 31.3 Å². The van der Waals surface area contributed by atoms with Gasteiger partial charge in [-0.1, -0.05) is 42.5 Å². The Balaban J connectivity index is 1.80. The largest absolute Gasteiger partial charge is 0.477 e. The van der Waals surface area contributed by atoms with Gasteiger partial charge >= 0.3 is 5.69 Å². The van der Waals surface area contributed by atoms with Crippen LogP contribution in [0.5, 0.6) is 5.75 Å². The Morgan fingerprint density at radius 1 is 1.06 bits per heavy atom. The lowest BCUT2D eigenvalue weighted by atomic mass is 10.1. The Labute approximate surface area is 185 Å². The van der Waals surface area contributed by atoms with Gasteiger partial charge in [-0.2, -0.15) is 4.68 Å². The molecule has 0 bridgehead atoms. The lowest BCUT2D eigenvalue weighted by molar-refractivity contribution is 0.230. The van der Waals surface area contributed by atoms with E-state index < -0.39 is 12.8 Å². The highest BCUT2D eigenvalue weighted by Crippen LogP contribution is 2.30. The van der Waals surface area contributed by atoms with Crippen molar-refractivity contribution in [2.24, 2.45) is 7.05 Å². The highest BCUT2D eigenvalue weighted by molar-refractivity contribution is 7.80. The molecule has 1 unspecified atom stereocenters. The number of alkyl halides is 1. The van der Waals surface area contributed by atoms with Crippen LogP contribution < -0.4 is 10.4 Å². The summed E-state index contributed by atoms with van der Waals surface area (Å²) in [7, 11) is 1.67. The zero-order valence-electron chi connectivity index (χ0n) is 17.2. The van der Waals surface area contributed by atoms with Crippen molar-refractivity contribution in [3.63, 3.8) is 0 Å². The first-order valence-corrected chi connectivity index (χ1v) is 10.2. The van der Waals surface area contributed by atoms with Crippen molar-refractivity contribution in [1.82, 2.24) is 14.3 Å². The second kappa shape index (κ2) is 8.81. The standard InChI is InChI=1S/C24H22FN3O2S/c1-16-14-20(31)12-13-21(16)30-22(18-6-4-3-5-7-18)23-26-28(24(29)27(23)2)19-10-8-17(15-25)9-11-19/h3-14,22,31H,15H2,1-2H3. The minimum atomic E-state index is -0.602. The van der Waals surface area contributed by atoms with E-state index in [1.807, 2.05) is 55.5 Å². The van der Waals surface area contributed by atoms with Gasteiger partial charge in [0.1, 0.15) is 12.4 Å². The highest BCUT2D eigenvalue weighted by atomic mass is 32.1. The molecule has 7 heteroatoms. The summed E-state index contributed by atoms with van der Waals surface area (Å²) in [5.74, 6) is 1.14. The summed E-state index contributed by atoms with van der Waals surface area (Å²) in [6.07, 6.45) is -0.602. The van der Waals surface area contributed by atoms with Crippen molar-refractivity contribution >= 4 is 12.6 Å². The normalized spacial score (nSPS) is 12.0. The average Bonchev–Trinajstić information content (AvgIpc) is 3.08. The molecule has 0 fully saturated rings. The van der Waals surface area contributed by atoms with Crippen LogP contribution in [0.25, 0.3) is 5.69 Å².